The zero-order valence-electron chi connectivity index (χ0n) is 19.5. The van der Waals surface area contributed by atoms with Crippen LogP contribution in [0.5, 0.6) is 0 Å². The number of alkyl halides is 3. The van der Waals surface area contributed by atoms with Crippen LogP contribution in [0.15, 0.2) is 36.5 Å². The summed E-state index contributed by atoms with van der Waals surface area (Å²) in [4.78, 5) is 24.9. The van der Waals surface area contributed by atoms with Gasteiger partial charge in [0.1, 0.15) is 32.7 Å². The molecule has 0 amide bonds. The molecule has 34 heavy (non-hydrogen) atoms. The average molecular weight is 487 g/mol. The summed E-state index contributed by atoms with van der Waals surface area (Å²) in [5.41, 5.74) is 2.64. The van der Waals surface area contributed by atoms with Gasteiger partial charge >= 0.3 is 18.1 Å². The number of carboxylic acid groups (broad SMARTS) is 1. The number of methoxy groups -OCH3 is 1. The number of rotatable bonds is 3. The maximum atomic E-state index is 11.0. The third-order valence-electron chi connectivity index (χ3n) is 5.94. The maximum Gasteiger partial charge on any atom is 0.490 e. The number of hydrogen-bond donors (Lipinski definition) is 3. The van der Waals surface area contributed by atoms with E-state index in [0.29, 0.717) is 7.11 Å². The van der Waals surface area contributed by atoms with E-state index in [1.54, 1.807) is 4.90 Å². The van der Waals surface area contributed by atoms with Crippen LogP contribution in [0.4, 0.5) is 13.2 Å². The topological polar surface area (TPSA) is 98.8 Å². The van der Waals surface area contributed by atoms with E-state index in [-0.39, 0.29) is 5.92 Å². The molecule has 0 spiro atoms. The molecule has 1 saturated heterocycles. The molecule has 1 saturated carbocycles. The maximum absolute atomic E-state index is 11.0. The zero-order chi connectivity index (χ0) is 25.0. The van der Waals surface area contributed by atoms with Gasteiger partial charge in [0.2, 0.25) is 5.52 Å². The van der Waals surface area contributed by atoms with Crippen LogP contribution in [0.3, 0.4) is 0 Å². The van der Waals surface area contributed by atoms with Crippen molar-refractivity contribution >= 4 is 22.8 Å². The third-order valence-corrected chi connectivity index (χ3v) is 5.94. The van der Waals surface area contributed by atoms with Gasteiger partial charge in [-0.05, 0) is 25.0 Å². The minimum atomic E-state index is -4.85. The molecule has 5 N–H and O–H groups in total. The monoisotopic (exact) mass is 486 g/mol. The van der Waals surface area contributed by atoms with Gasteiger partial charge in [-0.25, -0.2) is 9.78 Å². The Labute approximate surface area is 197 Å². The van der Waals surface area contributed by atoms with E-state index >= 15 is 0 Å². The Hall–Kier alpha value is -2.72. The van der Waals surface area contributed by atoms with Gasteiger partial charge in [-0.15, -0.1) is 0 Å². The number of piperazine rings is 1. The molecule has 1 aromatic carbocycles. The highest BCUT2D eigenvalue weighted by molar-refractivity contribution is 5.75. The molecule has 4 rings (SSSR count). The number of benzene rings is 1. The van der Waals surface area contributed by atoms with Crippen LogP contribution in [0, 0.1) is 5.92 Å². The van der Waals surface area contributed by atoms with E-state index in [2.05, 4.69) is 51.6 Å². The number of carbonyl (C=O) groups is 2. The van der Waals surface area contributed by atoms with Gasteiger partial charge in [0.05, 0.1) is 18.6 Å². The minimum Gasteiger partial charge on any atom is -0.481 e. The Bertz CT molecular complexity index is 912. The Morgan fingerprint density at radius 3 is 2.32 bits per heavy atom. The van der Waals surface area contributed by atoms with Gasteiger partial charge < -0.3 is 20.1 Å². The first-order chi connectivity index (χ1) is 16.2. The lowest BCUT2D eigenvalue weighted by Gasteiger charge is -2.21. The van der Waals surface area contributed by atoms with Gasteiger partial charge in [-0.3, -0.25) is 4.79 Å². The number of quaternary nitrogens is 2. The molecule has 1 aliphatic heterocycles. The number of pyridine rings is 1. The molecule has 2 heterocycles. The highest BCUT2D eigenvalue weighted by Crippen LogP contribution is 2.23. The second-order valence-corrected chi connectivity index (χ2v) is 8.55. The van der Waals surface area contributed by atoms with Crippen molar-refractivity contribution in [3.8, 4) is 0 Å². The normalized spacial score (nSPS) is 17.1. The number of aliphatic carboxylic acids is 1. The van der Waals surface area contributed by atoms with Crippen molar-refractivity contribution in [1.29, 1.82) is 0 Å². The molecular formula is C24H35F3N3O4+3. The fourth-order valence-electron chi connectivity index (χ4n) is 4.08. The molecule has 2 aliphatic rings. The van der Waals surface area contributed by atoms with Crippen molar-refractivity contribution in [2.45, 2.75) is 44.8 Å². The summed E-state index contributed by atoms with van der Waals surface area (Å²) in [6, 6.07) is 10.8. The molecule has 1 aromatic heterocycles. The van der Waals surface area contributed by atoms with Crippen molar-refractivity contribution in [1.82, 2.24) is 0 Å². The average Bonchev–Trinajstić information content (AvgIpc) is 2.85. The van der Waals surface area contributed by atoms with Crippen LogP contribution < -0.4 is 15.2 Å². The van der Waals surface area contributed by atoms with Crippen LogP contribution in [-0.4, -0.2) is 56.5 Å². The van der Waals surface area contributed by atoms with Crippen molar-refractivity contribution < 1.29 is 47.8 Å². The molecular weight excluding hydrogens is 451 g/mol. The van der Waals surface area contributed by atoms with E-state index in [1.165, 1.54) is 49.1 Å². The number of H-pyrrole nitrogens is 1. The highest BCUT2D eigenvalue weighted by atomic mass is 19.4. The van der Waals surface area contributed by atoms with Gasteiger partial charge in [-0.2, -0.15) is 13.2 Å². The Morgan fingerprint density at radius 1 is 1.15 bits per heavy atom. The molecule has 188 valence electrons. The number of halogens is 3. The largest absolute Gasteiger partial charge is 0.490 e. The number of para-hydroxylation sites is 1. The van der Waals surface area contributed by atoms with Gasteiger partial charge in [-0.1, -0.05) is 31.4 Å². The van der Waals surface area contributed by atoms with Crippen LogP contribution in [0.1, 0.15) is 37.7 Å². The molecule has 0 atom stereocenters. The first-order valence-electron chi connectivity index (χ1n) is 11.6. The van der Waals surface area contributed by atoms with E-state index in [4.69, 9.17) is 5.11 Å². The fourth-order valence-corrected chi connectivity index (χ4v) is 4.08. The van der Waals surface area contributed by atoms with Crippen LogP contribution in [-0.2, 0) is 20.9 Å². The lowest BCUT2D eigenvalue weighted by atomic mass is 9.90. The molecule has 10 heteroatoms. The first-order valence-corrected chi connectivity index (χ1v) is 11.6. The number of nitrogens with one attached hydrogen (secondary N) is 2. The molecule has 2 fully saturated rings. The van der Waals surface area contributed by atoms with Crippen LogP contribution in [0.25, 0.3) is 10.9 Å². The number of aromatic amines is 1. The number of fused-ring (bicyclic) bond motifs is 1. The van der Waals surface area contributed by atoms with Gasteiger partial charge in [0.15, 0.2) is 6.20 Å². The number of esters is 1. The number of nitrogens with two attached hydrogens (primary N) is 1. The van der Waals surface area contributed by atoms with Gasteiger partial charge in [0.25, 0.3) is 0 Å². The molecule has 0 unspecified atom stereocenters. The predicted molar refractivity (Wildman–Crippen MR) is 119 cm³/mol. The van der Waals surface area contributed by atoms with Crippen molar-refractivity contribution in [2.75, 3.05) is 33.3 Å². The summed E-state index contributed by atoms with van der Waals surface area (Å²) in [5.74, 6) is -2.80. The molecule has 0 bridgehead atoms. The van der Waals surface area contributed by atoms with E-state index in [9.17, 15) is 22.8 Å². The Morgan fingerprint density at radius 2 is 1.79 bits per heavy atom. The smallest absolute Gasteiger partial charge is 0.481 e. The SMILES string of the molecule is COC(=O)C(F)(F)F.O=C(O)C1CCCCC1.c1ccc2[nH+]cc(C[NH+]3CC[NH2+]CC3)cc2c1. The quantitative estimate of drug-likeness (QED) is 0.564. The lowest BCUT2D eigenvalue weighted by Crippen LogP contribution is -3.19. The zero-order valence-corrected chi connectivity index (χ0v) is 19.5. The number of aromatic nitrogens is 1. The highest BCUT2D eigenvalue weighted by Gasteiger charge is 2.40. The number of carbonyl (C=O) groups excluding carboxylic acids is 1. The van der Waals surface area contributed by atoms with E-state index in [0.717, 1.165) is 32.2 Å². The van der Waals surface area contributed by atoms with Gasteiger partial charge in [0, 0.05) is 11.5 Å². The lowest BCUT2D eigenvalue weighted by molar-refractivity contribution is -0.958. The molecule has 1 aliphatic carbocycles. The fraction of sp³-hybridized carbons (Fsp3) is 0.542. The molecule has 2 aromatic rings. The van der Waals surface area contributed by atoms with Crippen molar-refractivity contribution in [2.24, 2.45) is 5.92 Å². The second kappa shape index (κ2) is 13.9. The number of ether oxygens (including phenoxy) is 1. The summed E-state index contributed by atoms with van der Waals surface area (Å²) >= 11 is 0. The molecule has 0 radical (unpaired) electrons. The van der Waals surface area contributed by atoms with E-state index < -0.39 is 18.1 Å². The second-order valence-electron chi connectivity index (χ2n) is 8.55. The minimum absolute atomic E-state index is 0.0289. The summed E-state index contributed by atoms with van der Waals surface area (Å²) < 4.78 is 36.3. The van der Waals surface area contributed by atoms with E-state index in [1.807, 2.05) is 0 Å². The predicted octanol–water partition coefficient (Wildman–Crippen LogP) is 0.989. The van der Waals surface area contributed by atoms with Crippen LogP contribution >= 0.6 is 0 Å². The Balaban J connectivity index is 0.000000204. The number of carboxylic acids is 1. The van der Waals surface area contributed by atoms with Crippen LogP contribution in [0.2, 0.25) is 0 Å². The summed E-state index contributed by atoms with van der Waals surface area (Å²) in [6.07, 6.45) is 2.55. The van der Waals surface area contributed by atoms with Crippen molar-refractivity contribution in [3.63, 3.8) is 0 Å². The summed E-state index contributed by atoms with van der Waals surface area (Å²) in [7, 11) is 0.676. The molecule has 7 nitrogen and oxygen atoms in total. The standard InChI is InChI=1S/C14H17N3.C7H12O2.C3H3F3O2/c1-2-4-14-13(3-1)9-12(10-16-14)11-17-7-5-15-6-8-17;8-7(9)6-4-2-1-3-5-6;1-8-2(7)3(4,5)6/h1-4,9-10,15H,5-8,11H2;6H,1-5H2,(H,8,9);1H3/p+3. The summed E-state index contributed by atoms with van der Waals surface area (Å²) in [5, 5.41) is 12.3. The first kappa shape index (κ1) is 27.5. The van der Waals surface area contributed by atoms with Crippen molar-refractivity contribution in [3.05, 3.63) is 42.1 Å². The summed E-state index contributed by atoms with van der Waals surface area (Å²) in [6.45, 7) is 6.26. The number of hydrogen-bond acceptors (Lipinski definition) is 3. The third kappa shape index (κ3) is 9.64. The Kier molecular flexibility index (Phi) is 11.2.